The van der Waals surface area contributed by atoms with Gasteiger partial charge in [-0.15, -0.1) is 0 Å². The summed E-state index contributed by atoms with van der Waals surface area (Å²) in [5.74, 6) is -0.925. The molecule has 8 heteroatoms. The molecule has 1 fully saturated rings. The average molecular weight is 288 g/mol. The van der Waals surface area contributed by atoms with Crippen LogP contribution >= 0.6 is 11.6 Å². The van der Waals surface area contributed by atoms with Gasteiger partial charge in [0.1, 0.15) is 6.10 Å². The van der Waals surface area contributed by atoms with E-state index in [0.717, 1.165) is 6.07 Å². The Morgan fingerprint density at radius 3 is 3.11 bits per heavy atom. The minimum Gasteiger partial charge on any atom is -0.442 e. The number of amides is 2. The minimum absolute atomic E-state index is 0.209. The predicted molar refractivity (Wildman–Crippen MR) is 65.5 cm³/mol. The SMILES string of the molecule is CC(=O)NCC1CN(c2cnc(Cl)c(F)c2)C(=O)O1. The number of nitrogens with one attached hydrogen (secondary N) is 1. The summed E-state index contributed by atoms with van der Waals surface area (Å²) in [6.07, 6.45) is 0.196. The van der Waals surface area contributed by atoms with Gasteiger partial charge in [0.15, 0.2) is 11.0 Å². The first-order valence-corrected chi connectivity index (χ1v) is 5.89. The van der Waals surface area contributed by atoms with E-state index in [2.05, 4.69) is 10.3 Å². The molecule has 1 aromatic rings. The van der Waals surface area contributed by atoms with Crippen LogP contribution in [0.15, 0.2) is 12.3 Å². The van der Waals surface area contributed by atoms with Crippen LogP contribution < -0.4 is 10.2 Å². The fourth-order valence-electron chi connectivity index (χ4n) is 1.65. The minimum atomic E-state index is -0.711. The van der Waals surface area contributed by atoms with Gasteiger partial charge in [-0.05, 0) is 0 Å². The number of anilines is 1. The molecule has 2 rings (SSSR count). The number of pyridine rings is 1. The van der Waals surface area contributed by atoms with Gasteiger partial charge in [0.25, 0.3) is 0 Å². The molecule has 0 spiro atoms. The van der Waals surface area contributed by atoms with Gasteiger partial charge in [0, 0.05) is 13.0 Å². The van der Waals surface area contributed by atoms with Gasteiger partial charge in [-0.3, -0.25) is 9.69 Å². The quantitative estimate of drug-likeness (QED) is 0.852. The van der Waals surface area contributed by atoms with E-state index < -0.39 is 18.0 Å². The van der Waals surface area contributed by atoms with E-state index in [-0.39, 0.29) is 29.8 Å². The molecule has 2 amide bonds. The maximum atomic E-state index is 13.3. The second kappa shape index (κ2) is 5.40. The Kier molecular flexibility index (Phi) is 3.84. The molecular formula is C11H11ClFN3O3. The molecule has 0 radical (unpaired) electrons. The van der Waals surface area contributed by atoms with Crippen LogP contribution in [0.5, 0.6) is 0 Å². The first kappa shape index (κ1) is 13.5. The molecule has 0 aromatic carbocycles. The number of halogens is 2. The fourth-order valence-corrected chi connectivity index (χ4v) is 1.76. The maximum Gasteiger partial charge on any atom is 0.414 e. The van der Waals surface area contributed by atoms with E-state index in [1.54, 1.807) is 0 Å². The van der Waals surface area contributed by atoms with Gasteiger partial charge in [-0.25, -0.2) is 14.2 Å². The monoisotopic (exact) mass is 287 g/mol. The Balaban J connectivity index is 2.07. The van der Waals surface area contributed by atoms with Crippen molar-refractivity contribution >= 4 is 29.3 Å². The first-order valence-electron chi connectivity index (χ1n) is 5.51. The van der Waals surface area contributed by atoms with Crippen LogP contribution in [-0.2, 0) is 9.53 Å². The van der Waals surface area contributed by atoms with Crippen LogP contribution in [-0.4, -0.2) is 36.2 Å². The second-order valence-electron chi connectivity index (χ2n) is 4.02. The lowest BCUT2D eigenvalue weighted by molar-refractivity contribution is -0.119. The molecule has 1 aromatic heterocycles. The molecule has 1 aliphatic rings. The molecule has 1 atom stereocenters. The molecule has 2 heterocycles. The van der Waals surface area contributed by atoms with Crippen LogP contribution in [0.2, 0.25) is 5.15 Å². The second-order valence-corrected chi connectivity index (χ2v) is 4.38. The van der Waals surface area contributed by atoms with Crippen molar-refractivity contribution in [1.82, 2.24) is 10.3 Å². The number of hydrogen-bond acceptors (Lipinski definition) is 4. The number of hydrogen-bond donors (Lipinski definition) is 1. The topological polar surface area (TPSA) is 71.5 Å². The van der Waals surface area contributed by atoms with Gasteiger partial charge in [0.05, 0.1) is 25.0 Å². The van der Waals surface area contributed by atoms with Crippen molar-refractivity contribution in [3.05, 3.63) is 23.2 Å². The van der Waals surface area contributed by atoms with E-state index >= 15 is 0 Å². The lowest BCUT2D eigenvalue weighted by Crippen LogP contribution is -2.33. The Morgan fingerprint density at radius 2 is 2.47 bits per heavy atom. The molecule has 1 saturated heterocycles. The van der Waals surface area contributed by atoms with E-state index in [4.69, 9.17) is 16.3 Å². The summed E-state index contributed by atoms with van der Waals surface area (Å²) in [6.45, 7) is 1.79. The lowest BCUT2D eigenvalue weighted by Gasteiger charge is -2.12. The van der Waals surface area contributed by atoms with E-state index in [0.29, 0.717) is 0 Å². The highest BCUT2D eigenvalue weighted by Gasteiger charge is 2.32. The third-order valence-corrected chi connectivity index (χ3v) is 2.82. The van der Waals surface area contributed by atoms with Gasteiger partial charge in [-0.1, -0.05) is 11.6 Å². The molecular weight excluding hydrogens is 277 g/mol. The van der Waals surface area contributed by atoms with E-state index in [1.165, 1.54) is 18.0 Å². The van der Waals surface area contributed by atoms with E-state index in [1.807, 2.05) is 0 Å². The Bertz CT molecular complexity index is 526. The molecule has 0 saturated carbocycles. The summed E-state index contributed by atoms with van der Waals surface area (Å²) in [4.78, 5) is 27.3. The van der Waals surface area contributed by atoms with Crippen LogP contribution in [0.1, 0.15) is 6.92 Å². The van der Waals surface area contributed by atoms with Crippen molar-refractivity contribution in [3.8, 4) is 0 Å². The summed E-state index contributed by atoms with van der Waals surface area (Å²) in [6, 6.07) is 1.11. The zero-order chi connectivity index (χ0) is 14.0. The van der Waals surface area contributed by atoms with Gasteiger partial charge >= 0.3 is 6.09 Å². The molecule has 6 nitrogen and oxygen atoms in total. The first-order chi connectivity index (χ1) is 8.97. The lowest BCUT2D eigenvalue weighted by atomic mass is 10.3. The highest BCUT2D eigenvalue weighted by atomic mass is 35.5. The van der Waals surface area contributed by atoms with E-state index in [9.17, 15) is 14.0 Å². The smallest absolute Gasteiger partial charge is 0.414 e. The zero-order valence-corrected chi connectivity index (χ0v) is 10.8. The zero-order valence-electron chi connectivity index (χ0n) is 10.0. The van der Waals surface area contributed by atoms with Gasteiger partial charge in [-0.2, -0.15) is 0 Å². The Labute approximate surface area is 113 Å². The number of carbonyl (C=O) groups is 2. The average Bonchev–Trinajstić information content (AvgIpc) is 2.72. The molecule has 0 bridgehead atoms. The van der Waals surface area contributed by atoms with Crippen molar-refractivity contribution in [1.29, 1.82) is 0 Å². The molecule has 1 N–H and O–H groups in total. The summed E-state index contributed by atoms with van der Waals surface area (Å²) in [7, 11) is 0. The Hall–Kier alpha value is -1.89. The number of carbonyl (C=O) groups excluding carboxylic acids is 2. The summed E-state index contributed by atoms with van der Waals surface area (Å²) >= 11 is 5.47. The van der Waals surface area contributed by atoms with Gasteiger partial charge < -0.3 is 10.1 Å². The Morgan fingerprint density at radius 1 is 1.74 bits per heavy atom. The van der Waals surface area contributed by atoms with Gasteiger partial charge in [0.2, 0.25) is 5.91 Å². The van der Waals surface area contributed by atoms with Crippen molar-refractivity contribution in [2.45, 2.75) is 13.0 Å². The highest BCUT2D eigenvalue weighted by Crippen LogP contribution is 2.23. The normalized spacial score (nSPS) is 18.4. The predicted octanol–water partition coefficient (Wildman–Crippen LogP) is 1.34. The van der Waals surface area contributed by atoms with Crippen LogP contribution in [0.25, 0.3) is 0 Å². The fraction of sp³-hybridized carbons (Fsp3) is 0.364. The molecule has 102 valence electrons. The number of cyclic esters (lactones) is 1. The maximum absolute atomic E-state index is 13.3. The van der Waals surface area contributed by atoms with Crippen molar-refractivity contribution in [2.24, 2.45) is 0 Å². The third-order valence-electron chi connectivity index (χ3n) is 2.55. The molecule has 1 aliphatic heterocycles. The number of ether oxygens (including phenoxy) is 1. The van der Waals surface area contributed by atoms with Crippen molar-refractivity contribution < 1.29 is 18.7 Å². The van der Waals surface area contributed by atoms with Crippen LogP contribution in [0.4, 0.5) is 14.9 Å². The van der Waals surface area contributed by atoms with Crippen molar-refractivity contribution in [2.75, 3.05) is 18.0 Å². The largest absolute Gasteiger partial charge is 0.442 e. The highest BCUT2D eigenvalue weighted by molar-refractivity contribution is 6.29. The summed E-state index contributed by atoms with van der Waals surface area (Å²) < 4.78 is 18.3. The molecule has 1 unspecified atom stereocenters. The number of nitrogens with zero attached hydrogens (tertiary/aromatic N) is 2. The van der Waals surface area contributed by atoms with Crippen LogP contribution in [0.3, 0.4) is 0 Å². The molecule has 0 aliphatic carbocycles. The standard InChI is InChI=1S/C11H11ClFN3O3/c1-6(17)14-4-8-5-16(11(18)19-8)7-2-9(13)10(12)15-3-7/h2-3,8H,4-5H2,1H3,(H,14,17). The van der Waals surface area contributed by atoms with Crippen LogP contribution in [0, 0.1) is 5.82 Å². The number of rotatable bonds is 3. The number of aromatic nitrogens is 1. The third kappa shape index (κ3) is 3.11. The summed E-state index contributed by atoms with van der Waals surface area (Å²) in [5.41, 5.74) is 0.261. The molecule has 19 heavy (non-hydrogen) atoms. The van der Waals surface area contributed by atoms with Crippen molar-refractivity contribution in [3.63, 3.8) is 0 Å². The summed E-state index contributed by atoms with van der Waals surface area (Å²) in [5, 5.41) is 2.29.